The molecule has 158 valence electrons. The van der Waals surface area contributed by atoms with Crippen LogP contribution in [0.25, 0.3) is 0 Å². The first-order chi connectivity index (χ1) is 14.5. The molecule has 0 radical (unpaired) electrons. The SMILES string of the molecule is CC(C)(C)c1ccc(OCCNc2cccc(OCCOc3ccccc3)c2)cc1. The van der Waals surface area contributed by atoms with Crippen molar-refractivity contribution >= 4 is 5.69 Å². The summed E-state index contributed by atoms with van der Waals surface area (Å²) in [6.45, 7) is 8.92. The Labute approximate surface area is 179 Å². The summed E-state index contributed by atoms with van der Waals surface area (Å²) in [5.41, 5.74) is 2.46. The molecule has 0 spiro atoms. The number of benzene rings is 3. The molecule has 3 rings (SSSR count). The molecule has 0 aliphatic carbocycles. The quantitative estimate of drug-likeness (QED) is 0.424. The number of nitrogens with one attached hydrogen (secondary N) is 1. The molecule has 3 aromatic rings. The summed E-state index contributed by atoms with van der Waals surface area (Å²) in [6, 6.07) is 26.0. The smallest absolute Gasteiger partial charge is 0.122 e. The van der Waals surface area contributed by atoms with Crippen molar-refractivity contribution in [3.63, 3.8) is 0 Å². The number of rotatable bonds is 10. The van der Waals surface area contributed by atoms with E-state index < -0.39 is 0 Å². The molecular weight excluding hydrogens is 374 g/mol. The Morgan fingerprint density at radius 1 is 0.633 bits per heavy atom. The third kappa shape index (κ3) is 7.03. The van der Waals surface area contributed by atoms with E-state index in [-0.39, 0.29) is 5.41 Å². The molecule has 1 N–H and O–H groups in total. The van der Waals surface area contributed by atoms with Gasteiger partial charge in [0, 0.05) is 18.3 Å². The molecule has 30 heavy (non-hydrogen) atoms. The lowest BCUT2D eigenvalue weighted by molar-refractivity contribution is 0.217. The van der Waals surface area contributed by atoms with Crippen LogP contribution in [0.15, 0.2) is 78.9 Å². The highest BCUT2D eigenvalue weighted by molar-refractivity contribution is 5.48. The summed E-state index contributed by atoms with van der Waals surface area (Å²) in [5.74, 6) is 2.56. The number of para-hydroxylation sites is 1. The fourth-order valence-electron chi connectivity index (χ4n) is 2.95. The lowest BCUT2D eigenvalue weighted by Crippen LogP contribution is -2.13. The maximum Gasteiger partial charge on any atom is 0.122 e. The van der Waals surface area contributed by atoms with Crippen LogP contribution in [0.2, 0.25) is 0 Å². The standard InChI is InChI=1S/C26H31NO3/c1-26(2,3)21-12-14-24(15-13-21)28-17-16-27-22-8-7-11-25(20-22)30-19-18-29-23-9-5-4-6-10-23/h4-15,20,27H,16-19H2,1-3H3. The Morgan fingerprint density at radius 2 is 1.23 bits per heavy atom. The predicted molar refractivity (Wildman–Crippen MR) is 123 cm³/mol. The van der Waals surface area contributed by atoms with Crippen molar-refractivity contribution < 1.29 is 14.2 Å². The highest BCUT2D eigenvalue weighted by atomic mass is 16.5. The molecule has 0 amide bonds. The first-order valence-corrected chi connectivity index (χ1v) is 10.4. The zero-order valence-corrected chi connectivity index (χ0v) is 18.1. The van der Waals surface area contributed by atoms with Crippen molar-refractivity contribution in [3.8, 4) is 17.2 Å². The molecule has 0 aromatic heterocycles. The largest absolute Gasteiger partial charge is 0.492 e. The van der Waals surface area contributed by atoms with E-state index in [0.717, 1.165) is 22.9 Å². The van der Waals surface area contributed by atoms with Crippen molar-refractivity contribution in [3.05, 3.63) is 84.4 Å². The third-order valence-electron chi connectivity index (χ3n) is 4.62. The van der Waals surface area contributed by atoms with Gasteiger partial charge in [0.1, 0.15) is 37.1 Å². The summed E-state index contributed by atoms with van der Waals surface area (Å²) in [7, 11) is 0. The van der Waals surface area contributed by atoms with Gasteiger partial charge in [-0.2, -0.15) is 0 Å². The summed E-state index contributed by atoms with van der Waals surface area (Å²) in [4.78, 5) is 0. The van der Waals surface area contributed by atoms with Gasteiger partial charge in [0.05, 0.1) is 0 Å². The van der Waals surface area contributed by atoms with E-state index in [2.05, 4.69) is 38.2 Å². The molecule has 0 bridgehead atoms. The number of hydrogen-bond donors (Lipinski definition) is 1. The van der Waals surface area contributed by atoms with Crippen LogP contribution in [0, 0.1) is 0 Å². The Hall–Kier alpha value is -3.14. The van der Waals surface area contributed by atoms with Crippen molar-refractivity contribution in [1.29, 1.82) is 0 Å². The molecule has 0 saturated heterocycles. The van der Waals surface area contributed by atoms with E-state index in [0.29, 0.717) is 26.4 Å². The highest BCUT2D eigenvalue weighted by Crippen LogP contribution is 2.24. The Morgan fingerprint density at radius 3 is 1.93 bits per heavy atom. The average molecular weight is 406 g/mol. The van der Waals surface area contributed by atoms with Crippen molar-refractivity contribution in [1.82, 2.24) is 0 Å². The first-order valence-electron chi connectivity index (χ1n) is 10.4. The van der Waals surface area contributed by atoms with Gasteiger partial charge in [0.2, 0.25) is 0 Å². The third-order valence-corrected chi connectivity index (χ3v) is 4.62. The van der Waals surface area contributed by atoms with Crippen LogP contribution < -0.4 is 19.5 Å². The van der Waals surface area contributed by atoms with Gasteiger partial charge in [0.25, 0.3) is 0 Å². The topological polar surface area (TPSA) is 39.7 Å². The molecule has 0 saturated carbocycles. The van der Waals surface area contributed by atoms with Crippen LogP contribution in [0.3, 0.4) is 0 Å². The molecule has 0 heterocycles. The zero-order valence-electron chi connectivity index (χ0n) is 18.1. The van der Waals surface area contributed by atoms with Gasteiger partial charge in [-0.25, -0.2) is 0 Å². The molecule has 0 aliphatic rings. The van der Waals surface area contributed by atoms with Crippen molar-refractivity contribution in [2.24, 2.45) is 0 Å². The van der Waals surface area contributed by atoms with Gasteiger partial charge in [-0.3, -0.25) is 0 Å². The summed E-state index contributed by atoms with van der Waals surface area (Å²) in [6.07, 6.45) is 0. The molecule has 0 aliphatic heterocycles. The van der Waals surface area contributed by atoms with Crippen LogP contribution in [0.1, 0.15) is 26.3 Å². The maximum atomic E-state index is 5.84. The normalized spacial score (nSPS) is 11.0. The van der Waals surface area contributed by atoms with Crippen LogP contribution in [0.5, 0.6) is 17.2 Å². The Bertz CT molecular complexity index is 886. The fourth-order valence-corrected chi connectivity index (χ4v) is 2.95. The average Bonchev–Trinajstić information content (AvgIpc) is 2.75. The molecule has 4 nitrogen and oxygen atoms in total. The van der Waals surface area contributed by atoms with Gasteiger partial charge in [-0.15, -0.1) is 0 Å². The highest BCUT2D eigenvalue weighted by Gasteiger charge is 2.12. The summed E-state index contributed by atoms with van der Waals surface area (Å²) < 4.78 is 17.3. The van der Waals surface area contributed by atoms with E-state index in [9.17, 15) is 0 Å². The molecule has 0 atom stereocenters. The predicted octanol–water partition coefficient (Wildman–Crippen LogP) is 5.93. The number of ether oxygens (including phenoxy) is 3. The lowest BCUT2D eigenvalue weighted by atomic mass is 9.87. The minimum absolute atomic E-state index is 0.154. The van der Waals surface area contributed by atoms with Gasteiger partial charge < -0.3 is 19.5 Å². The van der Waals surface area contributed by atoms with Crippen molar-refractivity contribution in [2.75, 3.05) is 31.7 Å². The fraction of sp³-hybridized carbons (Fsp3) is 0.308. The van der Waals surface area contributed by atoms with E-state index in [4.69, 9.17) is 14.2 Å². The second-order valence-corrected chi connectivity index (χ2v) is 8.09. The zero-order chi connectivity index (χ0) is 21.2. The van der Waals surface area contributed by atoms with E-state index >= 15 is 0 Å². The van der Waals surface area contributed by atoms with Gasteiger partial charge >= 0.3 is 0 Å². The van der Waals surface area contributed by atoms with Gasteiger partial charge in [-0.05, 0) is 47.4 Å². The summed E-state index contributed by atoms with van der Waals surface area (Å²) >= 11 is 0. The lowest BCUT2D eigenvalue weighted by Gasteiger charge is -2.19. The second-order valence-electron chi connectivity index (χ2n) is 8.09. The molecular formula is C26H31NO3. The Kier molecular flexibility index (Phi) is 7.61. The summed E-state index contributed by atoms with van der Waals surface area (Å²) in [5, 5.41) is 3.37. The minimum Gasteiger partial charge on any atom is -0.492 e. The second kappa shape index (κ2) is 10.6. The van der Waals surface area contributed by atoms with Crippen LogP contribution in [0.4, 0.5) is 5.69 Å². The number of anilines is 1. The first kappa shape index (κ1) is 21.6. The molecule has 0 fully saturated rings. The van der Waals surface area contributed by atoms with Crippen molar-refractivity contribution in [2.45, 2.75) is 26.2 Å². The van der Waals surface area contributed by atoms with Gasteiger partial charge in [-0.1, -0.05) is 57.2 Å². The number of hydrogen-bond acceptors (Lipinski definition) is 4. The van der Waals surface area contributed by atoms with Gasteiger partial charge in [0.15, 0.2) is 0 Å². The molecule has 4 heteroatoms. The van der Waals surface area contributed by atoms with Crippen LogP contribution in [-0.2, 0) is 5.41 Å². The monoisotopic (exact) mass is 405 g/mol. The van der Waals surface area contributed by atoms with E-state index in [1.807, 2.05) is 66.7 Å². The Balaban J connectivity index is 1.36. The van der Waals surface area contributed by atoms with Crippen LogP contribution >= 0.6 is 0 Å². The minimum atomic E-state index is 0.154. The van der Waals surface area contributed by atoms with Crippen LogP contribution in [-0.4, -0.2) is 26.4 Å². The van der Waals surface area contributed by atoms with E-state index in [1.54, 1.807) is 0 Å². The van der Waals surface area contributed by atoms with E-state index in [1.165, 1.54) is 5.56 Å². The molecule has 3 aromatic carbocycles. The molecule has 0 unspecified atom stereocenters. The maximum absolute atomic E-state index is 5.84.